The number of hydrogen-bond donors (Lipinski definition) is 1. The highest BCUT2D eigenvalue weighted by atomic mass is 32.2. The zero-order valence-corrected chi connectivity index (χ0v) is 20.7. The first kappa shape index (κ1) is 23.3. The lowest BCUT2D eigenvalue weighted by molar-refractivity contribution is -0.118. The predicted octanol–water partition coefficient (Wildman–Crippen LogP) is 5.56. The first-order chi connectivity index (χ1) is 15.9. The van der Waals surface area contributed by atoms with Crippen LogP contribution in [0.25, 0.3) is 20.7 Å². The van der Waals surface area contributed by atoms with E-state index >= 15 is 0 Å². The fraction of sp³-hybridized carbons (Fsp3) is 0.269. The van der Waals surface area contributed by atoms with E-state index in [1.807, 2.05) is 44.2 Å². The van der Waals surface area contributed by atoms with Gasteiger partial charge in [0.15, 0.2) is 5.16 Å². The van der Waals surface area contributed by atoms with E-state index in [0.29, 0.717) is 28.5 Å². The van der Waals surface area contributed by atoms with Crippen LogP contribution in [-0.2, 0) is 17.9 Å². The monoisotopic (exact) mass is 477 g/mol. The van der Waals surface area contributed by atoms with Crippen LogP contribution in [0.15, 0.2) is 64.5 Å². The molecule has 0 saturated carbocycles. The molecule has 1 N–H and O–H groups in total. The summed E-state index contributed by atoms with van der Waals surface area (Å²) < 4.78 is 2.36. The Hall–Kier alpha value is -2.90. The number of rotatable bonds is 8. The van der Waals surface area contributed by atoms with Crippen molar-refractivity contribution in [3.8, 4) is 10.4 Å². The number of benzene rings is 2. The number of carbonyl (C=O) groups is 1. The van der Waals surface area contributed by atoms with Gasteiger partial charge in [-0.25, -0.2) is 4.98 Å². The fourth-order valence-electron chi connectivity index (χ4n) is 3.47. The molecule has 0 radical (unpaired) electrons. The van der Waals surface area contributed by atoms with Crippen molar-refractivity contribution in [3.63, 3.8) is 0 Å². The van der Waals surface area contributed by atoms with Crippen molar-refractivity contribution in [1.82, 2.24) is 14.9 Å². The first-order valence-corrected chi connectivity index (χ1v) is 12.8. The van der Waals surface area contributed by atoms with Gasteiger partial charge in [-0.2, -0.15) is 0 Å². The number of hydrogen-bond acceptors (Lipinski definition) is 5. The SMILES string of the molecule is CCCn1c(SCC(=O)NCc2ccc(C)cc2)nc2cc(-c3ccc(C)cc3)sc2c1=O. The molecule has 0 spiro atoms. The van der Waals surface area contributed by atoms with Gasteiger partial charge in [0.25, 0.3) is 5.56 Å². The lowest BCUT2D eigenvalue weighted by Gasteiger charge is -2.11. The average molecular weight is 478 g/mol. The summed E-state index contributed by atoms with van der Waals surface area (Å²) in [7, 11) is 0. The smallest absolute Gasteiger partial charge is 0.272 e. The first-order valence-electron chi connectivity index (χ1n) is 11.0. The van der Waals surface area contributed by atoms with E-state index in [2.05, 4.69) is 36.5 Å². The number of nitrogens with one attached hydrogen (secondary N) is 1. The van der Waals surface area contributed by atoms with E-state index in [1.165, 1.54) is 34.2 Å². The number of thioether (sulfide) groups is 1. The van der Waals surface area contributed by atoms with Gasteiger partial charge in [0.1, 0.15) is 4.70 Å². The van der Waals surface area contributed by atoms with Crippen molar-refractivity contribution < 1.29 is 4.79 Å². The minimum atomic E-state index is -0.0800. The summed E-state index contributed by atoms with van der Waals surface area (Å²) in [6.07, 6.45) is 0.816. The molecule has 0 fully saturated rings. The van der Waals surface area contributed by atoms with Crippen molar-refractivity contribution in [2.75, 3.05) is 5.75 Å². The normalized spacial score (nSPS) is 11.1. The van der Waals surface area contributed by atoms with Gasteiger partial charge in [-0.05, 0) is 37.5 Å². The molecule has 2 heterocycles. The standard InChI is InChI=1S/C26H27N3O2S2/c1-4-13-29-25(31)24-21(14-22(33-24)20-11-7-18(3)8-12-20)28-26(29)32-16-23(30)27-15-19-9-5-17(2)6-10-19/h5-12,14H,4,13,15-16H2,1-3H3,(H,27,30). The summed E-state index contributed by atoms with van der Waals surface area (Å²) in [5, 5.41) is 3.54. The highest BCUT2D eigenvalue weighted by Gasteiger charge is 2.16. The summed E-state index contributed by atoms with van der Waals surface area (Å²) in [5.41, 5.74) is 5.18. The van der Waals surface area contributed by atoms with Crippen molar-refractivity contribution >= 4 is 39.2 Å². The maximum atomic E-state index is 13.2. The number of carbonyl (C=O) groups excluding carboxylic acids is 1. The van der Waals surface area contributed by atoms with Gasteiger partial charge in [-0.3, -0.25) is 14.2 Å². The van der Waals surface area contributed by atoms with E-state index in [9.17, 15) is 9.59 Å². The van der Waals surface area contributed by atoms with E-state index in [1.54, 1.807) is 4.57 Å². The highest BCUT2D eigenvalue weighted by Crippen LogP contribution is 2.32. The van der Waals surface area contributed by atoms with E-state index in [0.717, 1.165) is 22.4 Å². The number of thiophene rings is 1. The van der Waals surface area contributed by atoms with Crippen LogP contribution in [-0.4, -0.2) is 21.2 Å². The highest BCUT2D eigenvalue weighted by molar-refractivity contribution is 7.99. The third-order valence-electron chi connectivity index (χ3n) is 5.32. The maximum absolute atomic E-state index is 13.2. The summed E-state index contributed by atoms with van der Waals surface area (Å²) in [6, 6.07) is 18.3. The van der Waals surface area contributed by atoms with Gasteiger partial charge in [-0.1, -0.05) is 78.3 Å². The number of fused-ring (bicyclic) bond motifs is 1. The van der Waals surface area contributed by atoms with Crippen LogP contribution in [0.3, 0.4) is 0 Å². The maximum Gasteiger partial charge on any atom is 0.272 e. The van der Waals surface area contributed by atoms with Gasteiger partial charge in [0, 0.05) is 18.0 Å². The number of aryl methyl sites for hydroxylation is 2. The molecule has 0 saturated heterocycles. The molecule has 1 amide bonds. The Bertz CT molecular complexity index is 1320. The average Bonchev–Trinajstić information content (AvgIpc) is 3.24. The zero-order valence-electron chi connectivity index (χ0n) is 19.1. The molecule has 2 aromatic carbocycles. The van der Waals surface area contributed by atoms with Gasteiger partial charge in [0.05, 0.1) is 11.3 Å². The molecule has 0 aliphatic rings. The molecular weight excluding hydrogens is 450 g/mol. The molecule has 2 aromatic heterocycles. The topological polar surface area (TPSA) is 64.0 Å². The van der Waals surface area contributed by atoms with Gasteiger partial charge in [0.2, 0.25) is 5.91 Å². The molecule has 4 aromatic rings. The lowest BCUT2D eigenvalue weighted by atomic mass is 10.1. The Labute approximate surface area is 201 Å². The summed E-state index contributed by atoms with van der Waals surface area (Å²) in [4.78, 5) is 31.5. The summed E-state index contributed by atoms with van der Waals surface area (Å²) >= 11 is 2.79. The van der Waals surface area contributed by atoms with Gasteiger partial charge < -0.3 is 5.32 Å². The predicted molar refractivity (Wildman–Crippen MR) is 138 cm³/mol. The second-order valence-electron chi connectivity index (χ2n) is 8.09. The van der Waals surface area contributed by atoms with Crippen LogP contribution in [0.5, 0.6) is 0 Å². The van der Waals surface area contributed by atoms with Crippen LogP contribution in [0, 0.1) is 13.8 Å². The number of amides is 1. The quantitative estimate of drug-likeness (QED) is 0.267. The Morgan fingerprint density at radius 1 is 1.06 bits per heavy atom. The Balaban J connectivity index is 1.53. The lowest BCUT2D eigenvalue weighted by Crippen LogP contribution is -2.26. The van der Waals surface area contributed by atoms with Crippen LogP contribution < -0.4 is 10.9 Å². The second kappa shape index (κ2) is 10.4. The van der Waals surface area contributed by atoms with E-state index in [-0.39, 0.29) is 17.2 Å². The molecule has 170 valence electrons. The number of nitrogens with zero attached hydrogens (tertiary/aromatic N) is 2. The van der Waals surface area contributed by atoms with Crippen LogP contribution in [0.2, 0.25) is 0 Å². The molecule has 5 nitrogen and oxygen atoms in total. The van der Waals surface area contributed by atoms with Gasteiger partial charge in [-0.15, -0.1) is 11.3 Å². The minimum absolute atomic E-state index is 0.0345. The minimum Gasteiger partial charge on any atom is -0.351 e. The second-order valence-corrected chi connectivity index (χ2v) is 10.1. The van der Waals surface area contributed by atoms with E-state index in [4.69, 9.17) is 4.98 Å². The third kappa shape index (κ3) is 5.54. The van der Waals surface area contributed by atoms with Crippen molar-refractivity contribution in [2.45, 2.75) is 45.4 Å². The fourth-order valence-corrected chi connectivity index (χ4v) is 5.38. The molecule has 7 heteroatoms. The van der Waals surface area contributed by atoms with Crippen LogP contribution in [0.4, 0.5) is 0 Å². The molecule has 0 aliphatic carbocycles. The molecule has 0 bridgehead atoms. The molecule has 4 rings (SSSR count). The van der Waals surface area contributed by atoms with Crippen LogP contribution >= 0.6 is 23.1 Å². The molecular formula is C26H27N3O2S2. The van der Waals surface area contributed by atoms with Crippen molar-refractivity contribution in [1.29, 1.82) is 0 Å². The van der Waals surface area contributed by atoms with E-state index < -0.39 is 0 Å². The van der Waals surface area contributed by atoms with Crippen molar-refractivity contribution in [3.05, 3.63) is 81.6 Å². The molecule has 0 aliphatic heterocycles. The van der Waals surface area contributed by atoms with Crippen molar-refractivity contribution in [2.24, 2.45) is 0 Å². The van der Waals surface area contributed by atoms with Crippen LogP contribution in [0.1, 0.15) is 30.0 Å². The zero-order chi connectivity index (χ0) is 23.4. The number of aromatic nitrogens is 2. The molecule has 0 unspecified atom stereocenters. The molecule has 0 atom stereocenters. The Kier molecular flexibility index (Phi) is 7.30. The molecule has 33 heavy (non-hydrogen) atoms. The Morgan fingerprint density at radius 2 is 1.73 bits per heavy atom. The Morgan fingerprint density at radius 3 is 2.39 bits per heavy atom. The third-order valence-corrected chi connectivity index (χ3v) is 7.46. The largest absolute Gasteiger partial charge is 0.351 e. The summed E-state index contributed by atoms with van der Waals surface area (Å²) in [5.74, 6) is 0.131. The summed E-state index contributed by atoms with van der Waals surface area (Å²) in [6.45, 7) is 7.19. The van der Waals surface area contributed by atoms with Gasteiger partial charge >= 0.3 is 0 Å².